The molecule has 0 atom stereocenters. The van der Waals surface area contributed by atoms with E-state index < -0.39 is 0 Å². The molecular formula is C12H19ClN2O2. The fraction of sp³-hybridized carbons (Fsp3) is 0.833. The number of likely N-dealkylation sites (tertiary alicyclic amines) is 2. The number of alkyl halides is 1. The molecule has 2 fully saturated rings. The van der Waals surface area contributed by atoms with Crippen molar-refractivity contribution in [1.29, 1.82) is 0 Å². The van der Waals surface area contributed by atoms with Gasteiger partial charge in [-0.3, -0.25) is 9.59 Å². The van der Waals surface area contributed by atoms with Crippen molar-refractivity contribution in [2.45, 2.75) is 25.7 Å². The van der Waals surface area contributed by atoms with E-state index in [2.05, 4.69) is 0 Å². The molecule has 0 aromatic heterocycles. The summed E-state index contributed by atoms with van der Waals surface area (Å²) in [6, 6.07) is 0. The van der Waals surface area contributed by atoms with Crippen molar-refractivity contribution in [3.05, 3.63) is 0 Å². The third-order valence-corrected chi connectivity index (χ3v) is 3.96. The highest BCUT2D eigenvalue weighted by Gasteiger charge is 2.30. The Morgan fingerprint density at radius 1 is 1.00 bits per heavy atom. The first-order valence-corrected chi connectivity index (χ1v) is 6.88. The minimum atomic E-state index is -0.0151. The molecule has 0 aliphatic carbocycles. The van der Waals surface area contributed by atoms with Crippen LogP contribution in [-0.4, -0.2) is 53.7 Å². The lowest BCUT2D eigenvalue weighted by molar-refractivity contribution is -0.139. The number of carbonyl (C=O) groups is 2. The highest BCUT2D eigenvalue weighted by molar-refractivity contribution is 6.27. The Hall–Kier alpha value is -0.770. The maximum absolute atomic E-state index is 12.1. The largest absolute Gasteiger partial charge is 0.342 e. The normalized spacial score (nSPS) is 21.9. The second kappa shape index (κ2) is 5.71. The van der Waals surface area contributed by atoms with Crippen LogP contribution in [0.5, 0.6) is 0 Å². The quantitative estimate of drug-likeness (QED) is 0.696. The molecule has 4 nitrogen and oxygen atoms in total. The van der Waals surface area contributed by atoms with Crippen LogP contribution in [0.3, 0.4) is 0 Å². The average Bonchev–Trinajstić information content (AvgIpc) is 2.91. The van der Waals surface area contributed by atoms with E-state index in [9.17, 15) is 9.59 Å². The molecule has 0 aromatic rings. The van der Waals surface area contributed by atoms with Crippen LogP contribution in [0.25, 0.3) is 0 Å². The first kappa shape index (κ1) is 12.7. The SMILES string of the molecule is O=C(CCl)N1CCC(C(=O)N2CCCC2)CC1. The zero-order valence-corrected chi connectivity index (χ0v) is 10.8. The molecule has 0 N–H and O–H groups in total. The fourth-order valence-corrected chi connectivity index (χ4v) is 2.83. The van der Waals surface area contributed by atoms with Gasteiger partial charge in [-0.05, 0) is 25.7 Å². The van der Waals surface area contributed by atoms with Crippen molar-refractivity contribution in [3.8, 4) is 0 Å². The summed E-state index contributed by atoms with van der Waals surface area (Å²) in [5.74, 6) is 0.441. The molecule has 5 heteroatoms. The summed E-state index contributed by atoms with van der Waals surface area (Å²) in [6.45, 7) is 3.19. The van der Waals surface area contributed by atoms with Crippen LogP contribution in [0.4, 0.5) is 0 Å². The molecule has 17 heavy (non-hydrogen) atoms. The van der Waals surface area contributed by atoms with Crippen LogP contribution in [0, 0.1) is 5.92 Å². The van der Waals surface area contributed by atoms with E-state index in [1.165, 1.54) is 0 Å². The number of piperidine rings is 1. The van der Waals surface area contributed by atoms with Crippen LogP contribution >= 0.6 is 11.6 Å². The Balaban J connectivity index is 1.82. The summed E-state index contributed by atoms with van der Waals surface area (Å²) in [5.41, 5.74) is 0. The van der Waals surface area contributed by atoms with E-state index in [1.807, 2.05) is 4.90 Å². The first-order valence-electron chi connectivity index (χ1n) is 6.35. The molecule has 0 spiro atoms. The number of hydrogen-bond acceptors (Lipinski definition) is 2. The molecule has 2 rings (SSSR count). The summed E-state index contributed by atoms with van der Waals surface area (Å²) in [4.78, 5) is 27.3. The van der Waals surface area contributed by atoms with E-state index in [4.69, 9.17) is 11.6 Å². The predicted octanol–water partition coefficient (Wildman–Crippen LogP) is 1.09. The molecule has 2 amide bonds. The van der Waals surface area contributed by atoms with Gasteiger partial charge in [-0.15, -0.1) is 11.6 Å². The zero-order valence-electron chi connectivity index (χ0n) is 10.0. The first-order chi connectivity index (χ1) is 8.22. The Kier molecular flexibility index (Phi) is 4.26. The van der Waals surface area contributed by atoms with Crippen LogP contribution in [0.15, 0.2) is 0 Å². The Morgan fingerprint density at radius 3 is 2.12 bits per heavy atom. The number of carbonyl (C=O) groups excluding carboxylic acids is 2. The lowest BCUT2D eigenvalue weighted by atomic mass is 9.95. The lowest BCUT2D eigenvalue weighted by Gasteiger charge is -2.32. The lowest BCUT2D eigenvalue weighted by Crippen LogP contribution is -2.44. The van der Waals surface area contributed by atoms with Crippen molar-refractivity contribution in [1.82, 2.24) is 9.80 Å². The van der Waals surface area contributed by atoms with Gasteiger partial charge in [0, 0.05) is 32.1 Å². The topological polar surface area (TPSA) is 40.6 Å². The van der Waals surface area contributed by atoms with Crippen molar-refractivity contribution in [3.63, 3.8) is 0 Å². The molecule has 2 saturated heterocycles. The highest BCUT2D eigenvalue weighted by atomic mass is 35.5. The average molecular weight is 259 g/mol. The molecule has 0 unspecified atom stereocenters. The molecule has 96 valence electrons. The van der Waals surface area contributed by atoms with Crippen LogP contribution < -0.4 is 0 Å². The van der Waals surface area contributed by atoms with Gasteiger partial charge in [-0.2, -0.15) is 0 Å². The van der Waals surface area contributed by atoms with E-state index in [1.54, 1.807) is 4.90 Å². The molecule has 0 bridgehead atoms. The van der Waals surface area contributed by atoms with Gasteiger partial charge in [0.2, 0.25) is 11.8 Å². The smallest absolute Gasteiger partial charge is 0.237 e. The summed E-state index contributed by atoms with van der Waals surface area (Å²) >= 11 is 5.52. The third-order valence-electron chi connectivity index (χ3n) is 3.73. The number of amides is 2. The standard InChI is InChI=1S/C12H19ClN2O2/c13-9-11(16)14-7-3-10(4-8-14)12(17)15-5-1-2-6-15/h10H,1-9H2. The Labute approximate surface area is 107 Å². The molecule has 0 aromatic carbocycles. The summed E-state index contributed by atoms with van der Waals surface area (Å²) in [7, 11) is 0. The predicted molar refractivity (Wildman–Crippen MR) is 65.8 cm³/mol. The van der Waals surface area contributed by atoms with E-state index in [-0.39, 0.29) is 17.7 Å². The number of hydrogen-bond donors (Lipinski definition) is 0. The van der Waals surface area contributed by atoms with Crippen molar-refractivity contribution in [2.75, 3.05) is 32.1 Å². The van der Waals surface area contributed by atoms with Gasteiger partial charge >= 0.3 is 0 Å². The van der Waals surface area contributed by atoms with Gasteiger partial charge < -0.3 is 9.80 Å². The second-order valence-electron chi connectivity index (χ2n) is 4.82. The number of nitrogens with zero attached hydrogens (tertiary/aromatic N) is 2. The van der Waals surface area contributed by atoms with Crippen LogP contribution in [-0.2, 0) is 9.59 Å². The van der Waals surface area contributed by atoms with Crippen LogP contribution in [0.2, 0.25) is 0 Å². The third kappa shape index (κ3) is 2.92. The highest BCUT2D eigenvalue weighted by Crippen LogP contribution is 2.22. The minimum absolute atomic E-state index is 0.0151. The minimum Gasteiger partial charge on any atom is -0.342 e. The van der Waals surface area contributed by atoms with E-state index in [0.717, 1.165) is 38.8 Å². The molecule has 2 aliphatic heterocycles. The number of halogens is 1. The van der Waals surface area contributed by atoms with Gasteiger partial charge in [-0.25, -0.2) is 0 Å². The van der Waals surface area contributed by atoms with Gasteiger partial charge in [-0.1, -0.05) is 0 Å². The molecule has 0 radical (unpaired) electrons. The monoisotopic (exact) mass is 258 g/mol. The maximum atomic E-state index is 12.1. The van der Waals surface area contributed by atoms with Crippen molar-refractivity contribution >= 4 is 23.4 Å². The van der Waals surface area contributed by atoms with E-state index in [0.29, 0.717) is 19.0 Å². The zero-order chi connectivity index (χ0) is 12.3. The molecule has 0 saturated carbocycles. The fourth-order valence-electron chi connectivity index (χ4n) is 2.66. The van der Waals surface area contributed by atoms with Crippen molar-refractivity contribution < 1.29 is 9.59 Å². The molecular weight excluding hydrogens is 240 g/mol. The number of rotatable bonds is 2. The molecule has 2 heterocycles. The summed E-state index contributed by atoms with van der Waals surface area (Å²) in [6.07, 6.45) is 3.85. The van der Waals surface area contributed by atoms with Gasteiger partial charge in [0.05, 0.1) is 0 Å². The van der Waals surface area contributed by atoms with Gasteiger partial charge in [0.25, 0.3) is 0 Å². The second-order valence-corrected chi connectivity index (χ2v) is 5.09. The van der Waals surface area contributed by atoms with E-state index >= 15 is 0 Å². The maximum Gasteiger partial charge on any atom is 0.237 e. The van der Waals surface area contributed by atoms with Crippen LogP contribution in [0.1, 0.15) is 25.7 Å². The summed E-state index contributed by atoms with van der Waals surface area (Å²) < 4.78 is 0. The Bertz CT molecular complexity index is 295. The van der Waals surface area contributed by atoms with Gasteiger partial charge in [0.15, 0.2) is 0 Å². The Morgan fingerprint density at radius 2 is 1.59 bits per heavy atom. The summed E-state index contributed by atoms with van der Waals surface area (Å²) in [5, 5.41) is 0. The van der Waals surface area contributed by atoms with Crippen molar-refractivity contribution in [2.24, 2.45) is 5.92 Å². The van der Waals surface area contributed by atoms with Gasteiger partial charge in [0.1, 0.15) is 5.88 Å². The molecule has 2 aliphatic rings.